The second-order valence-electron chi connectivity index (χ2n) is 4.81. The fraction of sp³-hybridized carbons (Fsp3) is 0.188. The Morgan fingerprint density at radius 3 is 2.67 bits per heavy atom. The first-order chi connectivity index (χ1) is 10.2. The van der Waals surface area contributed by atoms with Gasteiger partial charge in [-0.25, -0.2) is 0 Å². The molecule has 21 heavy (non-hydrogen) atoms. The SMILES string of the molecule is NC(=O)c1ccc2c(c1)N(CCCCl)c1ccccc1S2. The quantitative estimate of drug-likeness (QED) is 0.866. The van der Waals surface area contributed by atoms with Gasteiger partial charge in [-0.3, -0.25) is 4.79 Å². The zero-order valence-corrected chi connectivity index (χ0v) is 13.0. The number of carbonyl (C=O) groups excluding carboxylic acids is 1. The van der Waals surface area contributed by atoms with E-state index < -0.39 is 5.91 Å². The molecule has 108 valence electrons. The second-order valence-corrected chi connectivity index (χ2v) is 6.27. The fourth-order valence-electron chi connectivity index (χ4n) is 2.44. The summed E-state index contributed by atoms with van der Waals surface area (Å²) >= 11 is 7.56. The normalized spacial score (nSPS) is 12.7. The lowest BCUT2D eigenvalue weighted by Gasteiger charge is -2.33. The maximum Gasteiger partial charge on any atom is 0.248 e. The monoisotopic (exact) mass is 318 g/mol. The standard InChI is InChI=1S/C16H15ClN2OS/c17-8-3-9-19-12-4-1-2-5-14(12)21-15-7-6-11(16(18)20)10-13(15)19/h1-2,4-7,10H,3,8-9H2,(H2,18,20). The molecular formula is C16H15ClN2OS. The van der Waals surface area contributed by atoms with Crippen LogP contribution in [0.25, 0.3) is 0 Å². The summed E-state index contributed by atoms with van der Waals surface area (Å²) in [6, 6.07) is 13.9. The van der Waals surface area contributed by atoms with E-state index in [4.69, 9.17) is 17.3 Å². The Balaban J connectivity index is 2.09. The van der Waals surface area contributed by atoms with Gasteiger partial charge in [0.1, 0.15) is 0 Å². The Morgan fingerprint density at radius 1 is 1.14 bits per heavy atom. The minimum atomic E-state index is -0.404. The van der Waals surface area contributed by atoms with Gasteiger partial charge in [0, 0.05) is 27.8 Å². The largest absolute Gasteiger partial charge is 0.366 e. The maximum absolute atomic E-state index is 11.4. The van der Waals surface area contributed by atoms with Crippen LogP contribution in [0.1, 0.15) is 16.8 Å². The number of carbonyl (C=O) groups is 1. The summed E-state index contributed by atoms with van der Waals surface area (Å²) in [5, 5.41) is 0. The Bertz CT molecular complexity index is 690. The summed E-state index contributed by atoms with van der Waals surface area (Å²) < 4.78 is 0. The molecular weight excluding hydrogens is 304 g/mol. The Kier molecular flexibility index (Phi) is 4.08. The van der Waals surface area contributed by atoms with Crippen molar-refractivity contribution in [2.75, 3.05) is 17.3 Å². The molecule has 0 fully saturated rings. The van der Waals surface area contributed by atoms with Gasteiger partial charge in [0.2, 0.25) is 5.91 Å². The molecule has 1 aliphatic rings. The van der Waals surface area contributed by atoms with Crippen LogP contribution < -0.4 is 10.6 Å². The van der Waals surface area contributed by atoms with Crippen molar-refractivity contribution in [2.45, 2.75) is 16.2 Å². The van der Waals surface area contributed by atoms with Gasteiger partial charge >= 0.3 is 0 Å². The molecule has 2 N–H and O–H groups in total. The van der Waals surface area contributed by atoms with Gasteiger partial charge in [-0.2, -0.15) is 0 Å². The number of para-hydroxylation sites is 1. The molecule has 3 nitrogen and oxygen atoms in total. The number of nitrogens with two attached hydrogens (primary N) is 1. The molecule has 0 spiro atoms. The lowest BCUT2D eigenvalue weighted by molar-refractivity contribution is 0.100. The number of halogens is 1. The van der Waals surface area contributed by atoms with E-state index in [2.05, 4.69) is 17.0 Å². The number of anilines is 2. The van der Waals surface area contributed by atoms with Crippen LogP contribution in [0.2, 0.25) is 0 Å². The van der Waals surface area contributed by atoms with Crippen LogP contribution in [-0.4, -0.2) is 18.3 Å². The maximum atomic E-state index is 11.4. The summed E-state index contributed by atoms with van der Waals surface area (Å²) in [5.74, 6) is 0.204. The molecule has 5 heteroatoms. The number of amides is 1. The van der Waals surface area contributed by atoms with Crippen LogP contribution in [0, 0.1) is 0 Å². The first-order valence-corrected chi connectivity index (χ1v) is 8.10. The Labute approximate surface area is 133 Å². The lowest BCUT2D eigenvalue weighted by Crippen LogP contribution is -2.23. The van der Waals surface area contributed by atoms with E-state index in [1.165, 1.54) is 4.90 Å². The molecule has 0 aliphatic carbocycles. The van der Waals surface area contributed by atoms with Crippen molar-refractivity contribution in [3.8, 4) is 0 Å². The van der Waals surface area contributed by atoms with Crippen molar-refractivity contribution < 1.29 is 4.79 Å². The van der Waals surface area contributed by atoms with Crippen LogP contribution in [0.4, 0.5) is 11.4 Å². The van der Waals surface area contributed by atoms with Crippen LogP contribution >= 0.6 is 23.4 Å². The van der Waals surface area contributed by atoms with Crippen molar-refractivity contribution in [1.82, 2.24) is 0 Å². The summed E-state index contributed by atoms with van der Waals surface area (Å²) in [7, 11) is 0. The van der Waals surface area contributed by atoms with Crippen molar-refractivity contribution >= 4 is 40.6 Å². The molecule has 0 radical (unpaired) electrons. The van der Waals surface area contributed by atoms with E-state index in [0.717, 1.165) is 29.2 Å². The number of hydrogen-bond acceptors (Lipinski definition) is 3. The number of benzene rings is 2. The number of alkyl halides is 1. The van der Waals surface area contributed by atoms with E-state index in [1.54, 1.807) is 17.8 Å². The molecule has 1 heterocycles. The van der Waals surface area contributed by atoms with E-state index in [0.29, 0.717) is 11.4 Å². The molecule has 0 aromatic heterocycles. The molecule has 0 unspecified atom stereocenters. The Morgan fingerprint density at radius 2 is 1.90 bits per heavy atom. The third-order valence-electron chi connectivity index (χ3n) is 3.43. The van der Waals surface area contributed by atoms with Crippen LogP contribution in [-0.2, 0) is 0 Å². The van der Waals surface area contributed by atoms with Gasteiger partial charge < -0.3 is 10.6 Å². The second kappa shape index (κ2) is 6.00. The number of primary amides is 1. The number of hydrogen-bond donors (Lipinski definition) is 1. The average molecular weight is 319 g/mol. The van der Waals surface area contributed by atoms with Gasteiger partial charge in [-0.05, 0) is 36.8 Å². The highest BCUT2D eigenvalue weighted by atomic mass is 35.5. The highest BCUT2D eigenvalue weighted by molar-refractivity contribution is 7.99. The van der Waals surface area contributed by atoms with E-state index >= 15 is 0 Å². The van der Waals surface area contributed by atoms with Crippen LogP contribution in [0.5, 0.6) is 0 Å². The van der Waals surface area contributed by atoms with Gasteiger partial charge in [-0.15, -0.1) is 11.6 Å². The fourth-order valence-corrected chi connectivity index (χ4v) is 3.64. The molecule has 1 amide bonds. The van der Waals surface area contributed by atoms with E-state index in [-0.39, 0.29) is 0 Å². The van der Waals surface area contributed by atoms with E-state index in [9.17, 15) is 4.79 Å². The zero-order valence-electron chi connectivity index (χ0n) is 11.4. The first-order valence-electron chi connectivity index (χ1n) is 6.75. The topological polar surface area (TPSA) is 46.3 Å². The molecule has 2 aromatic carbocycles. The molecule has 0 saturated heterocycles. The molecule has 0 bridgehead atoms. The smallest absolute Gasteiger partial charge is 0.248 e. The summed E-state index contributed by atoms with van der Waals surface area (Å²) in [6.07, 6.45) is 0.876. The van der Waals surface area contributed by atoms with Crippen molar-refractivity contribution in [1.29, 1.82) is 0 Å². The molecule has 0 saturated carbocycles. The van der Waals surface area contributed by atoms with Crippen LogP contribution in [0.15, 0.2) is 52.3 Å². The minimum Gasteiger partial charge on any atom is -0.366 e. The van der Waals surface area contributed by atoms with Gasteiger partial charge in [0.05, 0.1) is 11.4 Å². The number of fused-ring (bicyclic) bond motifs is 2. The molecule has 3 rings (SSSR count). The number of nitrogens with zero attached hydrogens (tertiary/aromatic N) is 1. The minimum absolute atomic E-state index is 0.404. The predicted molar refractivity (Wildman–Crippen MR) is 87.9 cm³/mol. The number of rotatable bonds is 4. The summed E-state index contributed by atoms with van der Waals surface area (Å²) in [4.78, 5) is 16.0. The lowest BCUT2D eigenvalue weighted by atomic mass is 10.1. The van der Waals surface area contributed by atoms with Gasteiger partial charge in [0.25, 0.3) is 0 Å². The highest BCUT2D eigenvalue weighted by Crippen LogP contribution is 2.48. The van der Waals surface area contributed by atoms with Crippen molar-refractivity contribution in [3.05, 3.63) is 48.0 Å². The van der Waals surface area contributed by atoms with Crippen molar-refractivity contribution in [3.63, 3.8) is 0 Å². The molecule has 0 atom stereocenters. The Hall–Kier alpha value is -1.65. The van der Waals surface area contributed by atoms with E-state index in [1.807, 2.05) is 24.3 Å². The molecule has 2 aromatic rings. The van der Waals surface area contributed by atoms with Gasteiger partial charge in [0.15, 0.2) is 0 Å². The highest BCUT2D eigenvalue weighted by Gasteiger charge is 2.23. The third-order valence-corrected chi connectivity index (χ3v) is 4.82. The molecule has 1 aliphatic heterocycles. The van der Waals surface area contributed by atoms with Gasteiger partial charge in [-0.1, -0.05) is 23.9 Å². The zero-order chi connectivity index (χ0) is 14.8. The summed E-state index contributed by atoms with van der Waals surface area (Å²) in [5.41, 5.74) is 8.12. The third kappa shape index (κ3) is 2.74. The van der Waals surface area contributed by atoms with Crippen molar-refractivity contribution in [2.24, 2.45) is 5.73 Å². The van der Waals surface area contributed by atoms with Crippen LogP contribution in [0.3, 0.4) is 0 Å². The summed E-state index contributed by atoms with van der Waals surface area (Å²) in [6.45, 7) is 0.816. The average Bonchev–Trinajstić information content (AvgIpc) is 2.50. The first kappa shape index (κ1) is 14.3. The predicted octanol–water partition coefficient (Wildman–Crippen LogP) is 4.02.